The van der Waals surface area contributed by atoms with Gasteiger partial charge in [0, 0.05) is 68.1 Å². The summed E-state index contributed by atoms with van der Waals surface area (Å²) in [6.07, 6.45) is 13.4. The molecule has 1 amide bonds. The molecular weight excluding hydrogens is 769 g/mol. The van der Waals surface area contributed by atoms with Crippen LogP contribution in [0.4, 0.5) is 0 Å². The van der Waals surface area contributed by atoms with Gasteiger partial charge < -0.3 is 29.6 Å². The van der Waals surface area contributed by atoms with Gasteiger partial charge in [-0.2, -0.15) is 13.1 Å². The molecule has 0 fully saturated rings. The molecular formula is C44H58N8O6S. The Morgan fingerprint density at radius 3 is 2.02 bits per heavy atom. The highest BCUT2D eigenvalue weighted by Crippen LogP contribution is 2.31. The fraction of sp³-hybridized carbons (Fsp3) is 0.409. The largest absolute Gasteiger partial charge is 0.478 e. The van der Waals surface area contributed by atoms with Crippen LogP contribution in [0.5, 0.6) is 0 Å². The number of nitrogens with zero attached hydrogens (tertiary/aromatic N) is 5. The molecule has 0 saturated heterocycles. The quantitative estimate of drug-likeness (QED) is 0.0591. The molecule has 0 unspecified atom stereocenters. The van der Waals surface area contributed by atoms with Crippen molar-refractivity contribution in [3.63, 3.8) is 0 Å². The molecule has 316 valence electrons. The number of aromatic nitrogens is 4. The number of ether oxygens (including phenoxy) is 1. The predicted molar refractivity (Wildman–Crippen MR) is 229 cm³/mol. The zero-order chi connectivity index (χ0) is 42.6. The zero-order valence-electron chi connectivity index (χ0n) is 34.9. The Morgan fingerprint density at radius 2 is 1.44 bits per heavy atom. The van der Waals surface area contributed by atoms with Crippen LogP contribution in [0.25, 0.3) is 11.1 Å². The zero-order valence-corrected chi connectivity index (χ0v) is 35.8. The molecule has 5 aromatic rings. The molecule has 0 aliphatic rings. The number of carboxylic acid groups (broad SMARTS) is 1. The van der Waals surface area contributed by atoms with Gasteiger partial charge in [-0.1, -0.05) is 42.5 Å². The van der Waals surface area contributed by atoms with E-state index in [9.17, 15) is 23.1 Å². The minimum atomic E-state index is -4.14. The van der Waals surface area contributed by atoms with Gasteiger partial charge in [0.1, 0.15) is 0 Å². The molecule has 59 heavy (non-hydrogen) atoms. The number of carbonyl (C=O) groups excluding carboxylic acids is 1. The number of carbonyl (C=O) groups is 2. The highest BCUT2D eigenvalue weighted by Gasteiger charge is 2.25. The fourth-order valence-electron chi connectivity index (χ4n) is 6.86. The van der Waals surface area contributed by atoms with E-state index in [0.29, 0.717) is 34.0 Å². The third-order valence-electron chi connectivity index (χ3n) is 10.4. The lowest BCUT2D eigenvalue weighted by Gasteiger charge is -2.27. The van der Waals surface area contributed by atoms with Crippen LogP contribution in [-0.4, -0.2) is 87.6 Å². The van der Waals surface area contributed by atoms with E-state index >= 15 is 0 Å². The van der Waals surface area contributed by atoms with Crippen LogP contribution < -0.4 is 15.4 Å². The molecule has 0 saturated carbocycles. The molecule has 0 atom stereocenters. The van der Waals surface area contributed by atoms with E-state index in [4.69, 9.17) is 4.74 Å². The topological polar surface area (TPSA) is 173 Å². The van der Waals surface area contributed by atoms with Crippen LogP contribution in [0, 0.1) is 6.92 Å². The van der Waals surface area contributed by atoms with Crippen molar-refractivity contribution >= 4 is 22.1 Å². The van der Waals surface area contributed by atoms with E-state index < -0.39 is 22.1 Å². The van der Waals surface area contributed by atoms with E-state index in [1.807, 2.05) is 47.6 Å². The standard InChI is InChI=1S/C44H58N8O6S/c1-33-39(42(54)55)18-15-37(29-58-30-43(2,3)47-20-7-25-51-27-23-45-31-51)40(33)35-11-13-36(14-12-35)41(53)50(6)59(56,57)49-22-19-34-9-16-38(17-10-34)44(4,5)48-21-8-26-52-28-24-46-32-52/h9-18,23-24,27-28,31-32,47-49H,7-8,19-22,25-26,29-30H2,1-6H3,(H,54,55). The van der Waals surface area contributed by atoms with Gasteiger partial charge >= 0.3 is 16.2 Å². The van der Waals surface area contributed by atoms with Crippen LogP contribution >= 0.6 is 0 Å². The van der Waals surface area contributed by atoms with Gasteiger partial charge in [0.25, 0.3) is 5.91 Å². The summed E-state index contributed by atoms with van der Waals surface area (Å²) < 4.78 is 39.9. The molecule has 2 aromatic heterocycles. The predicted octanol–water partition coefficient (Wildman–Crippen LogP) is 5.79. The number of aryl methyl sites for hydroxylation is 2. The number of hydrogen-bond donors (Lipinski definition) is 4. The molecule has 15 heteroatoms. The number of amides is 1. The monoisotopic (exact) mass is 826 g/mol. The highest BCUT2D eigenvalue weighted by molar-refractivity contribution is 7.87. The maximum atomic E-state index is 13.4. The van der Waals surface area contributed by atoms with Gasteiger partial charge in [-0.25, -0.2) is 19.1 Å². The SMILES string of the molecule is Cc1c(C(=O)O)ccc(COCC(C)(C)NCCCn2ccnc2)c1-c1ccc(C(=O)N(C)S(=O)(=O)NCCc2ccc(C(C)(C)NCCCn3ccnc3)cc2)cc1. The number of carboxylic acids is 1. The van der Waals surface area contributed by atoms with E-state index in [2.05, 4.69) is 57.6 Å². The summed E-state index contributed by atoms with van der Waals surface area (Å²) in [5.74, 6) is -1.75. The molecule has 2 heterocycles. The molecule has 0 radical (unpaired) electrons. The first-order valence-corrected chi connectivity index (χ1v) is 21.3. The van der Waals surface area contributed by atoms with E-state index in [1.54, 1.807) is 62.0 Å². The first kappa shape index (κ1) is 44.9. The summed E-state index contributed by atoms with van der Waals surface area (Å²) in [7, 11) is -2.92. The van der Waals surface area contributed by atoms with Gasteiger partial charge in [-0.15, -0.1) is 0 Å². The number of aromatic carboxylic acids is 1. The maximum absolute atomic E-state index is 13.4. The Bertz CT molecular complexity index is 2220. The number of rotatable bonds is 23. The Balaban J connectivity index is 1.14. The van der Waals surface area contributed by atoms with Crippen LogP contribution in [0.1, 0.15) is 83.5 Å². The van der Waals surface area contributed by atoms with Gasteiger partial charge in [0.15, 0.2) is 0 Å². The van der Waals surface area contributed by atoms with Crippen LogP contribution in [-0.2, 0) is 46.6 Å². The van der Waals surface area contributed by atoms with Crippen molar-refractivity contribution in [3.05, 3.63) is 131 Å². The summed E-state index contributed by atoms with van der Waals surface area (Å²) in [5, 5.41) is 17.0. The van der Waals surface area contributed by atoms with Gasteiger partial charge in [0.2, 0.25) is 0 Å². The lowest BCUT2D eigenvalue weighted by Crippen LogP contribution is -2.44. The van der Waals surface area contributed by atoms with Crippen molar-refractivity contribution in [1.29, 1.82) is 0 Å². The average Bonchev–Trinajstić information content (AvgIpc) is 3.93. The van der Waals surface area contributed by atoms with Crippen molar-refractivity contribution < 1.29 is 27.9 Å². The second-order valence-corrected chi connectivity index (χ2v) is 17.7. The molecule has 0 bridgehead atoms. The van der Waals surface area contributed by atoms with E-state index in [-0.39, 0.29) is 35.4 Å². The van der Waals surface area contributed by atoms with Crippen molar-refractivity contribution in [2.75, 3.05) is 33.3 Å². The van der Waals surface area contributed by atoms with Crippen LogP contribution in [0.3, 0.4) is 0 Å². The molecule has 0 spiro atoms. The second-order valence-electron chi connectivity index (χ2n) is 15.9. The maximum Gasteiger partial charge on any atom is 0.335 e. The van der Waals surface area contributed by atoms with Crippen molar-refractivity contribution in [2.45, 2.75) is 84.7 Å². The smallest absolute Gasteiger partial charge is 0.335 e. The van der Waals surface area contributed by atoms with Crippen molar-refractivity contribution in [2.24, 2.45) is 0 Å². The van der Waals surface area contributed by atoms with Crippen molar-refractivity contribution in [1.82, 2.24) is 38.8 Å². The minimum absolute atomic E-state index is 0.109. The minimum Gasteiger partial charge on any atom is -0.478 e. The first-order chi connectivity index (χ1) is 28.1. The molecule has 5 rings (SSSR count). The van der Waals surface area contributed by atoms with Crippen LogP contribution in [0.2, 0.25) is 0 Å². The third kappa shape index (κ3) is 12.7. The number of hydrogen-bond acceptors (Lipinski definition) is 9. The van der Waals surface area contributed by atoms with Gasteiger partial charge in [-0.05, 0) is 119 Å². The van der Waals surface area contributed by atoms with Gasteiger partial charge in [-0.3, -0.25) is 4.79 Å². The molecule has 0 aliphatic heterocycles. The third-order valence-corrected chi connectivity index (χ3v) is 11.9. The summed E-state index contributed by atoms with van der Waals surface area (Å²) in [4.78, 5) is 33.7. The average molecular weight is 827 g/mol. The molecule has 0 aliphatic carbocycles. The van der Waals surface area contributed by atoms with Crippen molar-refractivity contribution in [3.8, 4) is 11.1 Å². The van der Waals surface area contributed by atoms with Crippen LogP contribution in [0.15, 0.2) is 98.1 Å². The molecule has 14 nitrogen and oxygen atoms in total. The summed E-state index contributed by atoms with van der Waals surface area (Å²) >= 11 is 0. The first-order valence-electron chi connectivity index (χ1n) is 19.9. The highest BCUT2D eigenvalue weighted by atomic mass is 32.2. The Kier molecular flexibility index (Phi) is 15.4. The summed E-state index contributed by atoms with van der Waals surface area (Å²) in [6.45, 7) is 14.3. The lowest BCUT2D eigenvalue weighted by atomic mass is 9.91. The van der Waals surface area contributed by atoms with E-state index in [1.165, 1.54) is 7.05 Å². The Hall–Kier alpha value is -5.19. The molecule has 3 aromatic carbocycles. The summed E-state index contributed by atoms with van der Waals surface area (Å²) in [6, 6.07) is 17.9. The fourth-order valence-corrected chi connectivity index (χ4v) is 7.74. The summed E-state index contributed by atoms with van der Waals surface area (Å²) in [5.41, 5.74) is 4.57. The number of imidazole rings is 2. The normalized spacial score (nSPS) is 12.2. The molecule has 4 N–H and O–H groups in total. The lowest BCUT2D eigenvalue weighted by molar-refractivity contribution is 0.0692. The Labute approximate surface area is 348 Å². The second kappa shape index (κ2) is 20.2. The Morgan fingerprint density at radius 1 is 0.831 bits per heavy atom. The van der Waals surface area contributed by atoms with Gasteiger partial charge in [0.05, 0.1) is 31.4 Å². The number of benzene rings is 3. The van der Waals surface area contributed by atoms with E-state index in [0.717, 1.165) is 55.7 Å². The number of nitrogens with one attached hydrogen (secondary N) is 3.